The highest BCUT2D eigenvalue weighted by molar-refractivity contribution is 6.06. The van der Waals surface area contributed by atoms with Gasteiger partial charge in [-0.05, 0) is 37.5 Å². The highest BCUT2D eigenvalue weighted by Gasteiger charge is 2.31. The summed E-state index contributed by atoms with van der Waals surface area (Å²) in [6.07, 6.45) is 3.19. The Labute approximate surface area is 125 Å². The summed E-state index contributed by atoms with van der Waals surface area (Å²) in [7, 11) is 0. The molecule has 1 fully saturated rings. The predicted octanol–water partition coefficient (Wildman–Crippen LogP) is 3.48. The fourth-order valence-corrected chi connectivity index (χ4v) is 2.37. The van der Waals surface area contributed by atoms with E-state index in [1.807, 2.05) is 0 Å². The van der Waals surface area contributed by atoms with Gasteiger partial charge in [-0.3, -0.25) is 4.79 Å². The van der Waals surface area contributed by atoms with Crippen LogP contribution < -0.4 is 10.9 Å². The van der Waals surface area contributed by atoms with Crippen molar-refractivity contribution in [3.63, 3.8) is 0 Å². The fraction of sp³-hybridized carbons (Fsp3) is 0.250. The number of hydrogen-bond donors (Lipinski definition) is 3. The smallest absolute Gasteiger partial charge is 0.259 e. The molecule has 1 saturated carbocycles. The molecule has 6 heteroatoms. The van der Waals surface area contributed by atoms with Crippen molar-refractivity contribution in [1.82, 2.24) is 4.98 Å². The number of nitrogens with one attached hydrogen (secondary N) is 3. The number of H-pyrrole nitrogens is 1. The monoisotopic (exact) mass is 303 g/mol. The topological polar surface area (TPSA) is 68.7 Å². The van der Waals surface area contributed by atoms with Crippen molar-refractivity contribution >= 4 is 17.1 Å². The largest absolute Gasteiger partial charge is 0.350 e. The Bertz CT molecular complexity index is 789. The van der Waals surface area contributed by atoms with E-state index in [1.54, 1.807) is 6.92 Å². The van der Waals surface area contributed by atoms with Gasteiger partial charge in [0.1, 0.15) is 17.3 Å². The molecule has 0 unspecified atom stereocenters. The molecule has 2 aromatic rings. The number of hydrogen-bond acceptors (Lipinski definition) is 3. The Hall–Kier alpha value is -2.50. The first kappa shape index (κ1) is 14.4. The number of para-hydroxylation sites is 1. The van der Waals surface area contributed by atoms with Gasteiger partial charge in [0.25, 0.3) is 5.56 Å². The summed E-state index contributed by atoms with van der Waals surface area (Å²) in [5.74, 6) is -1.44. The van der Waals surface area contributed by atoms with Gasteiger partial charge in [0.2, 0.25) is 0 Å². The summed E-state index contributed by atoms with van der Waals surface area (Å²) in [6.45, 7) is 1.71. The maximum absolute atomic E-state index is 13.8. The lowest BCUT2D eigenvalue weighted by atomic mass is 10.0. The Balaban J connectivity index is 2.12. The molecule has 114 valence electrons. The molecule has 1 heterocycles. The van der Waals surface area contributed by atoms with Crippen molar-refractivity contribution in [2.24, 2.45) is 5.92 Å². The number of halogens is 2. The molecule has 1 aromatic carbocycles. The van der Waals surface area contributed by atoms with Crippen LogP contribution in [-0.2, 0) is 0 Å². The van der Waals surface area contributed by atoms with Gasteiger partial charge in [-0.15, -0.1) is 0 Å². The number of anilines is 2. The maximum atomic E-state index is 13.8. The van der Waals surface area contributed by atoms with Crippen LogP contribution in [0.2, 0.25) is 0 Å². The molecule has 0 radical (unpaired) electrons. The second-order valence-corrected chi connectivity index (χ2v) is 5.46. The predicted molar refractivity (Wildman–Crippen MR) is 81.0 cm³/mol. The van der Waals surface area contributed by atoms with E-state index in [4.69, 9.17) is 5.41 Å². The molecule has 3 N–H and O–H groups in total. The molecule has 0 amide bonds. The molecule has 0 saturated heterocycles. The van der Waals surface area contributed by atoms with Crippen LogP contribution in [-0.4, -0.2) is 10.7 Å². The van der Waals surface area contributed by atoms with Crippen LogP contribution in [0.3, 0.4) is 0 Å². The normalized spacial score (nSPS) is 14.0. The van der Waals surface area contributed by atoms with Crippen LogP contribution in [0.5, 0.6) is 0 Å². The van der Waals surface area contributed by atoms with E-state index < -0.39 is 17.2 Å². The third-order valence-corrected chi connectivity index (χ3v) is 3.76. The molecule has 0 bridgehead atoms. The number of aromatic amines is 1. The average molecular weight is 303 g/mol. The zero-order valence-electron chi connectivity index (χ0n) is 12.0. The van der Waals surface area contributed by atoms with E-state index in [2.05, 4.69) is 10.3 Å². The van der Waals surface area contributed by atoms with Crippen molar-refractivity contribution in [2.75, 3.05) is 5.32 Å². The Morgan fingerprint density at radius 3 is 2.50 bits per heavy atom. The lowest BCUT2D eigenvalue weighted by molar-refractivity contribution is 0.590. The molecular weight excluding hydrogens is 288 g/mol. The number of rotatable bonds is 4. The molecular formula is C16H15F2N3O. The summed E-state index contributed by atoms with van der Waals surface area (Å²) in [6, 6.07) is 3.55. The molecule has 3 rings (SSSR count). The van der Waals surface area contributed by atoms with Crippen LogP contribution >= 0.6 is 0 Å². The summed E-state index contributed by atoms with van der Waals surface area (Å²) in [4.78, 5) is 14.7. The zero-order chi connectivity index (χ0) is 15.9. The Morgan fingerprint density at radius 1 is 1.27 bits per heavy atom. The number of aromatic nitrogens is 1. The lowest BCUT2D eigenvalue weighted by Gasteiger charge is -2.15. The number of aryl methyl sites for hydroxylation is 1. The van der Waals surface area contributed by atoms with Gasteiger partial charge in [-0.1, -0.05) is 6.07 Å². The fourth-order valence-electron chi connectivity index (χ4n) is 2.37. The average Bonchev–Trinajstić information content (AvgIpc) is 3.30. The van der Waals surface area contributed by atoms with E-state index in [1.165, 1.54) is 12.3 Å². The minimum atomic E-state index is -0.747. The van der Waals surface area contributed by atoms with Gasteiger partial charge >= 0.3 is 0 Å². The van der Waals surface area contributed by atoms with Crippen LogP contribution in [0.15, 0.2) is 29.2 Å². The SMILES string of the molecule is Cc1c[nH]c(=O)c(C(=N)C2CC2)c1Nc1c(F)cccc1F. The highest BCUT2D eigenvalue weighted by atomic mass is 19.1. The molecule has 4 nitrogen and oxygen atoms in total. The maximum Gasteiger partial charge on any atom is 0.259 e. The second-order valence-electron chi connectivity index (χ2n) is 5.46. The summed E-state index contributed by atoms with van der Waals surface area (Å²) >= 11 is 0. The lowest BCUT2D eigenvalue weighted by Crippen LogP contribution is -2.22. The van der Waals surface area contributed by atoms with Crippen molar-refractivity contribution in [3.05, 3.63) is 57.5 Å². The van der Waals surface area contributed by atoms with E-state index in [0.29, 0.717) is 5.56 Å². The zero-order valence-corrected chi connectivity index (χ0v) is 12.0. The van der Waals surface area contributed by atoms with E-state index in [9.17, 15) is 13.6 Å². The number of pyridine rings is 1. The third kappa shape index (κ3) is 2.52. The van der Waals surface area contributed by atoms with E-state index >= 15 is 0 Å². The minimum absolute atomic E-state index is 0.0499. The van der Waals surface area contributed by atoms with Gasteiger partial charge < -0.3 is 15.7 Å². The van der Waals surface area contributed by atoms with Crippen molar-refractivity contribution in [1.29, 1.82) is 5.41 Å². The van der Waals surface area contributed by atoms with E-state index in [-0.39, 0.29) is 28.6 Å². The van der Waals surface area contributed by atoms with Crippen LogP contribution in [0, 0.1) is 29.9 Å². The molecule has 22 heavy (non-hydrogen) atoms. The first-order valence-corrected chi connectivity index (χ1v) is 7.01. The van der Waals surface area contributed by atoms with E-state index in [0.717, 1.165) is 25.0 Å². The Morgan fingerprint density at radius 2 is 1.91 bits per heavy atom. The first-order valence-electron chi connectivity index (χ1n) is 7.01. The third-order valence-electron chi connectivity index (χ3n) is 3.76. The van der Waals surface area contributed by atoms with Crippen molar-refractivity contribution in [2.45, 2.75) is 19.8 Å². The molecule has 0 spiro atoms. The molecule has 1 aliphatic carbocycles. The van der Waals surface area contributed by atoms with Gasteiger partial charge in [-0.2, -0.15) is 0 Å². The van der Waals surface area contributed by atoms with Crippen LogP contribution in [0.1, 0.15) is 24.0 Å². The summed E-state index contributed by atoms with van der Waals surface area (Å²) in [5, 5.41) is 10.8. The van der Waals surface area contributed by atoms with Gasteiger partial charge in [0.05, 0.1) is 11.3 Å². The summed E-state index contributed by atoms with van der Waals surface area (Å²) < 4.78 is 27.7. The van der Waals surface area contributed by atoms with Crippen LogP contribution in [0.4, 0.5) is 20.2 Å². The molecule has 0 aliphatic heterocycles. The minimum Gasteiger partial charge on any atom is -0.350 e. The first-order chi connectivity index (χ1) is 10.5. The molecule has 0 atom stereocenters. The standard InChI is InChI=1S/C16H15F2N3O/c1-8-7-20-16(22)12(13(19)9-5-6-9)14(8)21-15-10(17)3-2-4-11(15)18/h2-4,7,9,19H,5-6H2,1H3,(H2,20,21,22). The van der Waals surface area contributed by atoms with Gasteiger partial charge in [-0.25, -0.2) is 8.78 Å². The molecule has 1 aromatic heterocycles. The quantitative estimate of drug-likeness (QED) is 0.757. The molecule has 1 aliphatic rings. The van der Waals surface area contributed by atoms with Crippen LogP contribution in [0.25, 0.3) is 0 Å². The second kappa shape index (κ2) is 5.36. The highest BCUT2D eigenvalue weighted by Crippen LogP contribution is 2.35. The summed E-state index contributed by atoms with van der Waals surface area (Å²) in [5.41, 5.74) is 0.518. The van der Waals surface area contributed by atoms with Gasteiger partial charge in [0.15, 0.2) is 0 Å². The Kier molecular flexibility index (Phi) is 3.52. The van der Waals surface area contributed by atoms with Crippen molar-refractivity contribution in [3.8, 4) is 0 Å². The van der Waals surface area contributed by atoms with Crippen molar-refractivity contribution < 1.29 is 8.78 Å². The number of benzene rings is 1. The van der Waals surface area contributed by atoms with Gasteiger partial charge in [0, 0.05) is 17.8 Å².